The standard InChI is InChI=1S/C17H17Cl2NO2/c1-10-4-6-14(8-11(10)2)22-12(3)17(21)20-13-5-7-15(18)16(19)9-13/h4-9,12H,1-3H3,(H,20,21)/t12-/m0/s1. The molecule has 0 heterocycles. The molecule has 5 heteroatoms. The molecular formula is C17H17Cl2NO2. The Morgan fingerprint density at radius 1 is 1.05 bits per heavy atom. The topological polar surface area (TPSA) is 38.3 Å². The fourth-order valence-corrected chi connectivity index (χ4v) is 2.16. The van der Waals surface area contributed by atoms with Gasteiger partial charge in [-0.3, -0.25) is 4.79 Å². The Balaban J connectivity index is 2.02. The Kier molecular flexibility index (Phi) is 5.33. The van der Waals surface area contributed by atoms with Gasteiger partial charge >= 0.3 is 0 Å². The average molecular weight is 338 g/mol. The summed E-state index contributed by atoms with van der Waals surface area (Å²) in [6.07, 6.45) is -0.628. The SMILES string of the molecule is Cc1ccc(O[C@@H](C)C(=O)Nc2ccc(Cl)c(Cl)c2)cc1C. The maximum atomic E-state index is 12.2. The lowest BCUT2D eigenvalue weighted by Gasteiger charge is -2.16. The van der Waals surface area contributed by atoms with Crippen LogP contribution in [0.4, 0.5) is 5.69 Å². The molecule has 1 amide bonds. The number of benzene rings is 2. The number of nitrogens with one attached hydrogen (secondary N) is 1. The van der Waals surface area contributed by atoms with Crippen LogP contribution >= 0.6 is 23.2 Å². The third-order valence-corrected chi connectivity index (χ3v) is 4.09. The molecule has 0 radical (unpaired) electrons. The van der Waals surface area contributed by atoms with Gasteiger partial charge in [-0.05, 0) is 62.2 Å². The predicted molar refractivity (Wildman–Crippen MR) is 91.1 cm³/mol. The quantitative estimate of drug-likeness (QED) is 0.850. The van der Waals surface area contributed by atoms with Gasteiger partial charge in [-0.15, -0.1) is 0 Å². The third-order valence-electron chi connectivity index (χ3n) is 3.35. The molecule has 0 aliphatic heterocycles. The van der Waals surface area contributed by atoms with Crippen molar-refractivity contribution in [2.75, 3.05) is 5.32 Å². The van der Waals surface area contributed by atoms with Crippen LogP contribution in [-0.2, 0) is 4.79 Å². The van der Waals surface area contributed by atoms with Crippen LogP contribution in [0.3, 0.4) is 0 Å². The molecule has 1 atom stereocenters. The fourth-order valence-electron chi connectivity index (χ4n) is 1.86. The normalized spacial score (nSPS) is 11.9. The summed E-state index contributed by atoms with van der Waals surface area (Å²) in [4.78, 5) is 12.2. The van der Waals surface area contributed by atoms with Gasteiger partial charge in [0.2, 0.25) is 0 Å². The highest BCUT2D eigenvalue weighted by atomic mass is 35.5. The largest absolute Gasteiger partial charge is 0.481 e. The molecule has 2 aromatic carbocycles. The minimum atomic E-state index is -0.628. The highest BCUT2D eigenvalue weighted by Crippen LogP contribution is 2.25. The molecule has 0 bridgehead atoms. The Hall–Kier alpha value is -1.71. The van der Waals surface area contributed by atoms with Crippen molar-refractivity contribution in [3.8, 4) is 5.75 Å². The van der Waals surface area contributed by atoms with Crippen LogP contribution < -0.4 is 10.1 Å². The van der Waals surface area contributed by atoms with Gasteiger partial charge < -0.3 is 10.1 Å². The van der Waals surface area contributed by atoms with Crippen molar-refractivity contribution in [1.29, 1.82) is 0 Å². The molecular weight excluding hydrogens is 321 g/mol. The number of hydrogen-bond donors (Lipinski definition) is 1. The molecule has 116 valence electrons. The summed E-state index contributed by atoms with van der Waals surface area (Å²) >= 11 is 11.8. The molecule has 1 N–H and O–H groups in total. The molecule has 0 aromatic heterocycles. The lowest BCUT2D eigenvalue weighted by atomic mass is 10.1. The number of aryl methyl sites for hydroxylation is 2. The second-order valence-electron chi connectivity index (χ2n) is 5.12. The number of hydrogen-bond acceptors (Lipinski definition) is 2. The van der Waals surface area contributed by atoms with Gasteiger partial charge in [-0.25, -0.2) is 0 Å². The van der Waals surface area contributed by atoms with Crippen molar-refractivity contribution in [2.45, 2.75) is 26.9 Å². The van der Waals surface area contributed by atoms with E-state index in [2.05, 4.69) is 5.32 Å². The predicted octanol–water partition coefficient (Wildman–Crippen LogP) is 5.02. The molecule has 2 aromatic rings. The number of amides is 1. The average Bonchev–Trinajstić information content (AvgIpc) is 2.46. The first kappa shape index (κ1) is 16.7. The van der Waals surface area contributed by atoms with E-state index in [1.807, 2.05) is 32.0 Å². The zero-order valence-corrected chi connectivity index (χ0v) is 14.1. The molecule has 0 spiro atoms. The second kappa shape index (κ2) is 7.03. The van der Waals surface area contributed by atoms with E-state index in [-0.39, 0.29) is 5.91 Å². The Bertz CT molecular complexity index is 701. The van der Waals surface area contributed by atoms with Gasteiger partial charge in [-0.1, -0.05) is 29.3 Å². The van der Waals surface area contributed by atoms with E-state index in [1.165, 1.54) is 5.56 Å². The number of rotatable bonds is 4. The van der Waals surface area contributed by atoms with Gasteiger partial charge in [0.25, 0.3) is 5.91 Å². The first-order valence-corrected chi connectivity index (χ1v) is 7.62. The molecule has 0 aliphatic carbocycles. The number of carbonyl (C=O) groups excluding carboxylic acids is 1. The summed E-state index contributed by atoms with van der Waals surface area (Å²) in [5.74, 6) is 0.413. The Labute approximate surface area is 140 Å². The fraction of sp³-hybridized carbons (Fsp3) is 0.235. The van der Waals surface area contributed by atoms with E-state index in [9.17, 15) is 4.79 Å². The first-order chi connectivity index (χ1) is 10.4. The van der Waals surface area contributed by atoms with E-state index < -0.39 is 6.10 Å². The molecule has 3 nitrogen and oxygen atoms in total. The molecule has 0 saturated heterocycles. The zero-order valence-electron chi connectivity index (χ0n) is 12.6. The summed E-state index contributed by atoms with van der Waals surface area (Å²) in [6, 6.07) is 10.7. The van der Waals surface area contributed by atoms with Crippen LogP contribution in [-0.4, -0.2) is 12.0 Å². The summed E-state index contributed by atoms with van der Waals surface area (Å²) in [5, 5.41) is 3.58. The van der Waals surface area contributed by atoms with Gasteiger partial charge in [0.1, 0.15) is 5.75 Å². The van der Waals surface area contributed by atoms with Crippen LogP contribution in [0.5, 0.6) is 5.75 Å². The lowest BCUT2D eigenvalue weighted by Crippen LogP contribution is -2.30. The van der Waals surface area contributed by atoms with Gasteiger partial charge in [0.05, 0.1) is 10.0 Å². The van der Waals surface area contributed by atoms with E-state index in [4.69, 9.17) is 27.9 Å². The molecule has 0 unspecified atom stereocenters. The summed E-state index contributed by atoms with van der Waals surface area (Å²) in [6.45, 7) is 5.73. The van der Waals surface area contributed by atoms with E-state index in [1.54, 1.807) is 25.1 Å². The number of anilines is 1. The first-order valence-electron chi connectivity index (χ1n) is 6.86. The second-order valence-corrected chi connectivity index (χ2v) is 5.94. The van der Waals surface area contributed by atoms with E-state index in [0.29, 0.717) is 21.5 Å². The minimum Gasteiger partial charge on any atom is -0.481 e. The number of carbonyl (C=O) groups is 1. The van der Waals surface area contributed by atoms with Crippen LogP contribution in [0.2, 0.25) is 10.0 Å². The molecule has 0 fully saturated rings. The smallest absolute Gasteiger partial charge is 0.265 e. The van der Waals surface area contributed by atoms with Crippen LogP contribution in [0.15, 0.2) is 36.4 Å². The van der Waals surface area contributed by atoms with Gasteiger partial charge in [0.15, 0.2) is 6.10 Å². The zero-order chi connectivity index (χ0) is 16.3. The van der Waals surface area contributed by atoms with Crippen molar-refractivity contribution in [1.82, 2.24) is 0 Å². The van der Waals surface area contributed by atoms with Crippen LogP contribution in [0.1, 0.15) is 18.1 Å². The number of halogens is 2. The van der Waals surface area contributed by atoms with Crippen molar-refractivity contribution in [3.63, 3.8) is 0 Å². The summed E-state index contributed by atoms with van der Waals surface area (Å²) in [7, 11) is 0. The van der Waals surface area contributed by atoms with E-state index >= 15 is 0 Å². The van der Waals surface area contributed by atoms with Crippen LogP contribution in [0, 0.1) is 13.8 Å². The molecule has 22 heavy (non-hydrogen) atoms. The highest BCUT2D eigenvalue weighted by Gasteiger charge is 2.15. The molecule has 0 saturated carbocycles. The van der Waals surface area contributed by atoms with Crippen molar-refractivity contribution in [2.24, 2.45) is 0 Å². The molecule has 2 rings (SSSR count). The molecule has 0 aliphatic rings. The Morgan fingerprint density at radius 3 is 2.41 bits per heavy atom. The monoisotopic (exact) mass is 337 g/mol. The van der Waals surface area contributed by atoms with Gasteiger partial charge in [0, 0.05) is 5.69 Å². The van der Waals surface area contributed by atoms with E-state index in [0.717, 1.165) is 5.56 Å². The van der Waals surface area contributed by atoms with Gasteiger partial charge in [-0.2, -0.15) is 0 Å². The maximum Gasteiger partial charge on any atom is 0.265 e. The Morgan fingerprint density at radius 2 is 1.77 bits per heavy atom. The summed E-state index contributed by atoms with van der Waals surface area (Å²) < 4.78 is 5.67. The maximum absolute atomic E-state index is 12.2. The van der Waals surface area contributed by atoms with Crippen LogP contribution in [0.25, 0.3) is 0 Å². The number of ether oxygens (including phenoxy) is 1. The van der Waals surface area contributed by atoms with Crippen molar-refractivity contribution < 1.29 is 9.53 Å². The minimum absolute atomic E-state index is 0.253. The van der Waals surface area contributed by atoms with Crippen molar-refractivity contribution >= 4 is 34.8 Å². The third kappa shape index (κ3) is 4.15. The van der Waals surface area contributed by atoms with Crippen molar-refractivity contribution in [3.05, 3.63) is 57.6 Å². The lowest BCUT2D eigenvalue weighted by molar-refractivity contribution is -0.122. The summed E-state index contributed by atoms with van der Waals surface area (Å²) in [5.41, 5.74) is 2.88. The highest BCUT2D eigenvalue weighted by molar-refractivity contribution is 6.42.